The van der Waals surface area contributed by atoms with Gasteiger partial charge in [-0.25, -0.2) is 4.98 Å². The van der Waals surface area contributed by atoms with Crippen LogP contribution in [-0.4, -0.2) is 11.0 Å². The molecule has 1 aliphatic carbocycles. The van der Waals surface area contributed by atoms with E-state index in [1.165, 1.54) is 12.8 Å². The summed E-state index contributed by atoms with van der Waals surface area (Å²) in [6.45, 7) is 2.74. The van der Waals surface area contributed by atoms with Gasteiger partial charge in [0.05, 0.1) is 0 Å². The third-order valence-electron chi connectivity index (χ3n) is 3.39. The van der Waals surface area contributed by atoms with E-state index in [1.54, 1.807) is 12.3 Å². The summed E-state index contributed by atoms with van der Waals surface area (Å²) < 4.78 is 5.77. The van der Waals surface area contributed by atoms with Crippen LogP contribution in [0.25, 0.3) is 0 Å². The number of ether oxygens (including phenoxy) is 1. The number of aryl methyl sites for hydroxylation is 1. The lowest BCUT2D eigenvalue weighted by atomic mass is 10.2. The molecule has 110 valence electrons. The summed E-state index contributed by atoms with van der Waals surface area (Å²) in [7, 11) is 0. The minimum absolute atomic E-state index is 0.400. The largest absolute Gasteiger partial charge is 0.437 e. The molecule has 0 spiro atoms. The van der Waals surface area contributed by atoms with Gasteiger partial charge in [-0.3, -0.25) is 0 Å². The second-order valence-corrected chi connectivity index (χ2v) is 6.14. The van der Waals surface area contributed by atoms with E-state index in [4.69, 9.17) is 27.9 Å². The van der Waals surface area contributed by atoms with Gasteiger partial charge in [0.15, 0.2) is 0 Å². The normalized spacial score (nSPS) is 14.2. The first-order valence-electron chi connectivity index (χ1n) is 6.93. The zero-order valence-corrected chi connectivity index (χ0v) is 13.2. The highest BCUT2D eigenvalue weighted by atomic mass is 35.5. The van der Waals surface area contributed by atoms with Crippen LogP contribution in [-0.2, 0) is 6.54 Å². The van der Waals surface area contributed by atoms with E-state index in [0.29, 0.717) is 27.7 Å². The second kappa shape index (κ2) is 6.22. The van der Waals surface area contributed by atoms with E-state index in [9.17, 15) is 0 Å². The third-order valence-corrected chi connectivity index (χ3v) is 3.90. The van der Waals surface area contributed by atoms with Crippen molar-refractivity contribution in [2.24, 2.45) is 0 Å². The molecule has 2 aromatic rings. The number of aromatic nitrogens is 1. The molecular formula is C16H16Cl2N2O. The van der Waals surface area contributed by atoms with Gasteiger partial charge >= 0.3 is 0 Å². The van der Waals surface area contributed by atoms with Crippen molar-refractivity contribution in [3.63, 3.8) is 0 Å². The molecule has 1 aromatic carbocycles. The topological polar surface area (TPSA) is 34.1 Å². The predicted octanol–water partition coefficient (Wildman–Crippen LogP) is 4.74. The van der Waals surface area contributed by atoms with Crippen molar-refractivity contribution < 1.29 is 4.74 Å². The van der Waals surface area contributed by atoms with Gasteiger partial charge in [-0.05, 0) is 49.1 Å². The van der Waals surface area contributed by atoms with Crippen molar-refractivity contribution in [2.45, 2.75) is 32.4 Å². The Kier molecular flexibility index (Phi) is 4.34. The average Bonchev–Trinajstić information content (AvgIpc) is 3.27. The van der Waals surface area contributed by atoms with Crippen molar-refractivity contribution in [3.05, 3.63) is 51.6 Å². The molecule has 0 amide bonds. The highest BCUT2D eigenvalue weighted by molar-refractivity contribution is 6.32. The smallest absolute Gasteiger partial charge is 0.238 e. The Morgan fingerprint density at radius 3 is 2.81 bits per heavy atom. The molecule has 1 heterocycles. The van der Waals surface area contributed by atoms with Crippen molar-refractivity contribution in [2.75, 3.05) is 0 Å². The Morgan fingerprint density at radius 2 is 2.10 bits per heavy atom. The van der Waals surface area contributed by atoms with Crippen LogP contribution in [0.1, 0.15) is 24.0 Å². The number of hydrogen-bond acceptors (Lipinski definition) is 3. The molecule has 1 saturated carbocycles. The highest BCUT2D eigenvalue weighted by Gasteiger charge is 2.20. The van der Waals surface area contributed by atoms with Crippen molar-refractivity contribution >= 4 is 23.2 Å². The molecular weight excluding hydrogens is 307 g/mol. The number of nitrogens with one attached hydrogen (secondary N) is 1. The first-order valence-corrected chi connectivity index (χ1v) is 7.69. The minimum atomic E-state index is 0.400. The highest BCUT2D eigenvalue weighted by Crippen LogP contribution is 2.31. The number of nitrogens with zero attached hydrogens (tertiary/aromatic N) is 1. The van der Waals surface area contributed by atoms with Gasteiger partial charge < -0.3 is 10.1 Å². The molecule has 0 aliphatic heterocycles. The number of pyridine rings is 1. The van der Waals surface area contributed by atoms with Crippen LogP contribution in [0.5, 0.6) is 11.6 Å². The fourth-order valence-corrected chi connectivity index (χ4v) is 2.36. The van der Waals surface area contributed by atoms with Crippen LogP contribution in [0.15, 0.2) is 30.5 Å². The summed E-state index contributed by atoms with van der Waals surface area (Å²) >= 11 is 12.2. The Morgan fingerprint density at radius 1 is 1.29 bits per heavy atom. The van der Waals surface area contributed by atoms with E-state index >= 15 is 0 Å². The summed E-state index contributed by atoms with van der Waals surface area (Å²) in [4.78, 5) is 4.31. The van der Waals surface area contributed by atoms with Gasteiger partial charge in [0, 0.05) is 23.8 Å². The zero-order chi connectivity index (χ0) is 14.8. The number of hydrogen-bond donors (Lipinski definition) is 1. The maximum Gasteiger partial charge on any atom is 0.238 e. The molecule has 21 heavy (non-hydrogen) atoms. The summed E-state index contributed by atoms with van der Waals surface area (Å²) in [5, 5.41) is 4.56. The fourth-order valence-electron chi connectivity index (χ4n) is 1.97. The van der Waals surface area contributed by atoms with Gasteiger partial charge in [0.2, 0.25) is 5.88 Å². The summed E-state index contributed by atoms with van der Waals surface area (Å²) in [6, 6.07) is 8.04. The third kappa shape index (κ3) is 3.88. The summed E-state index contributed by atoms with van der Waals surface area (Å²) in [5.74, 6) is 1.07. The Balaban J connectivity index is 1.74. The fraction of sp³-hybridized carbons (Fsp3) is 0.312. The monoisotopic (exact) mass is 322 g/mol. The molecule has 3 nitrogen and oxygen atoms in total. The molecule has 0 atom stereocenters. The molecule has 0 bridgehead atoms. The van der Waals surface area contributed by atoms with Gasteiger partial charge in [0.25, 0.3) is 0 Å². The summed E-state index contributed by atoms with van der Waals surface area (Å²) in [6.07, 6.45) is 4.31. The Labute approximate surface area is 134 Å². The maximum absolute atomic E-state index is 6.25. The van der Waals surface area contributed by atoms with E-state index in [0.717, 1.165) is 17.7 Å². The summed E-state index contributed by atoms with van der Waals surface area (Å²) in [5.41, 5.74) is 2.04. The van der Waals surface area contributed by atoms with Crippen LogP contribution in [0, 0.1) is 6.92 Å². The zero-order valence-electron chi connectivity index (χ0n) is 11.7. The SMILES string of the molecule is Cc1ccc(Cl)cc1Oc1ncc(CNC2CC2)cc1Cl. The molecule has 1 aliphatic rings. The minimum Gasteiger partial charge on any atom is -0.437 e. The van der Waals surface area contributed by atoms with Gasteiger partial charge in [-0.15, -0.1) is 0 Å². The molecule has 5 heteroatoms. The molecule has 0 saturated heterocycles. The van der Waals surface area contributed by atoms with Crippen LogP contribution in [0.4, 0.5) is 0 Å². The lowest BCUT2D eigenvalue weighted by Gasteiger charge is -2.10. The van der Waals surface area contributed by atoms with Crippen LogP contribution >= 0.6 is 23.2 Å². The lowest BCUT2D eigenvalue weighted by molar-refractivity contribution is 0.459. The quantitative estimate of drug-likeness (QED) is 0.863. The Hall–Kier alpha value is -1.29. The molecule has 0 unspecified atom stereocenters. The number of benzene rings is 1. The predicted molar refractivity (Wildman–Crippen MR) is 85.4 cm³/mol. The van der Waals surface area contributed by atoms with E-state index in [1.807, 2.05) is 25.1 Å². The standard InChI is InChI=1S/C16H16Cl2N2O/c1-10-2-3-12(17)7-15(10)21-16-14(18)6-11(9-20-16)8-19-13-4-5-13/h2-3,6-7,9,13,19H,4-5,8H2,1H3. The average molecular weight is 323 g/mol. The van der Waals surface area contributed by atoms with Crippen LogP contribution in [0.2, 0.25) is 10.0 Å². The second-order valence-electron chi connectivity index (χ2n) is 5.30. The maximum atomic E-state index is 6.25. The van der Waals surface area contributed by atoms with E-state index in [-0.39, 0.29) is 0 Å². The van der Waals surface area contributed by atoms with E-state index in [2.05, 4.69) is 10.3 Å². The Bertz CT molecular complexity index is 657. The lowest BCUT2D eigenvalue weighted by Crippen LogP contribution is -2.15. The van der Waals surface area contributed by atoms with Crippen molar-refractivity contribution in [1.29, 1.82) is 0 Å². The van der Waals surface area contributed by atoms with Gasteiger partial charge in [-0.1, -0.05) is 29.3 Å². The van der Waals surface area contributed by atoms with Gasteiger partial charge in [-0.2, -0.15) is 0 Å². The molecule has 1 N–H and O–H groups in total. The van der Waals surface area contributed by atoms with Crippen molar-refractivity contribution in [1.82, 2.24) is 10.3 Å². The van der Waals surface area contributed by atoms with Crippen LogP contribution < -0.4 is 10.1 Å². The van der Waals surface area contributed by atoms with Crippen molar-refractivity contribution in [3.8, 4) is 11.6 Å². The first-order chi connectivity index (χ1) is 10.1. The van der Waals surface area contributed by atoms with Crippen LogP contribution in [0.3, 0.4) is 0 Å². The first kappa shape index (κ1) is 14.6. The number of rotatable bonds is 5. The van der Waals surface area contributed by atoms with E-state index < -0.39 is 0 Å². The molecule has 0 radical (unpaired) electrons. The number of halogens is 2. The molecule has 1 fully saturated rings. The van der Waals surface area contributed by atoms with Gasteiger partial charge in [0.1, 0.15) is 10.8 Å². The molecule has 3 rings (SSSR count). The molecule has 1 aromatic heterocycles.